The quantitative estimate of drug-likeness (QED) is 0.566. The number of nitrogen functional groups attached to an aromatic ring is 1. The van der Waals surface area contributed by atoms with Gasteiger partial charge in [-0.05, 0) is 30.2 Å². The fourth-order valence-electron chi connectivity index (χ4n) is 3.46. The van der Waals surface area contributed by atoms with Crippen LogP contribution in [0.3, 0.4) is 0 Å². The van der Waals surface area contributed by atoms with Crippen LogP contribution in [0.4, 0.5) is 11.8 Å². The molecule has 0 bridgehead atoms. The smallest absolute Gasteiger partial charge is 0.224 e. The Hall–Kier alpha value is -2.97. The summed E-state index contributed by atoms with van der Waals surface area (Å²) in [5.41, 5.74) is 9.26. The summed E-state index contributed by atoms with van der Waals surface area (Å²) < 4.78 is 7.40. The molecule has 1 saturated heterocycles. The lowest BCUT2D eigenvalue weighted by Crippen LogP contribution is -2.37. The van der Waals surface area contributed by atoms with E-state index in [9.17, 15) is 0 Å². The van der Waals surface area contributed by atoms with Gasteiger partial charge in [0.15, 0.2) is 0 Å². The van der Waals surface area contributed by atoms with Gasteiger partial charge in [0.25, 0.3) is 0 Å². The predicted molar refractivity (Wildman–Crippen MR) is 114 cm³/mol. The largest absolute Gasteiger partial charge is 0.383 e. The van der Waals surface area contributed by atoms with Gasteiger partial charge in [-0.2, -0.15) is 4.98 Å². The van der Waals surface area contributed by atoms with E-state index in [2.05, 4.69) is 37.3 Å². The number of hydrogen-bond acceptors (Lipinski definition) is 7. The fraction of sp³-hybridized carbons (Fsp3) is 0.381. The summed E-state index contributed by atoms with van der Waals surface area (Å²) in [4.78, 5) is 15.4. The minimum atomic E-state index is 0.482. The second-order valence-corrected chi connectivity index (χ2v) is 7.16. The lowest BCUT2D eigenvalue weighted by Gasteiger charge is -2.26. The van der Waals surface area contributed by atoms with Gasteiger partial charge in [0.1, 0.15) is 5.82 Å². The molecule has 4 rings (SSSR count). The average molecular weight is 393 g/mol. The van der Waals surface area contributed by atoms with E-state index in [1.807, 2.05) is 29.2 Å². The van der Waals surface area contributed by atoms with Crippen molar-refractivity contribution in [1.29, 1.82) is 0 Å². The molecule has 1 fully saturated rings. The monoisotopic (exact) mass is 393 g/mol. The number of aromatic nitrogens is 4. The van der Waals surface area contributed by atoms with Crippen LogP contribution in [0.1, 0.15) is 12.0 Å². The number of benzene rings is 1. The first kappa shape index (κ1) is 19.4. The number of ether oxygens (including phenoxy) is 1. The number of morpholine rings is 1. The van der Waals surface area contributed by atoms with Gasteiger partial charge in [0.05, 0.1) is 19.5 Å². The first-order valence-electron chi connectivity index (χ1n) is 9.99. The van der Waals surface area contributed by atoms with Crippen molar-refractivity contribution in [3.63, 3.8) is 0 Å². The highest BCUT2D eigenvalue weighted by molar-refractivity contribution is 5.74. The van der Waals surface area contributed by atoms with Gasteiger partial charge in [-0.3, -0.25) is 4.90 Å². The number of nitrogens with one attached hydrogen (secondary N) is 1. The SMILES string of the molecule is Nc1nc(NCCCN2CCOCC2)ncc1-c1cccc(Cn2ccnc2)c1. The van der Waals surface area contributed by atoms with E-state index in [-0.39, 0.29) is 0 Å². The summed E-state index contributed by atoms with van der Waals surface area (Å²) in [5, 5.41) is 3.27. The zero-order valence-electron chi connectivity index (χ0n) is 16.5. The molecule has 3 aromatic rings. The van der Waals surface area contributed by atoms with E-state index < -0.39 is 0 Å². The molecule has 1 aliphatic rings. The van der Waals surface area contributed by atoms with E-state index in [1.165, 1.54) is 5.56 Å². The minimum absolute atomic E-state index is 0.482. The maximum atomic E-state index is 6.23. The molecule has 8 heteroatoms. The Morgan fingerprint density at radius 2 is 2.10 bits per heavy atom. The standard InChI is InChI=1S/C21H27N7O/c22-20-19(18-4-1-3-17(13-18)15-28-8-6-23-16-28)14-25-21(26-20)24-5-2-7-27-9-11-29-12-10-27/h1,3-4,6,8,13-14,16H,2,5,7,9-12,15H2,(H3,22,24,25,26). The molecule has 0 radical (unpaired) electrons. The molecule has 3 N–H and O–H groups in total. The highest BCUT2D eigenvalue weighted by Gasteiger charge is 2.10. The molecule has 152 valence electrons. The molecule has 0 unspecified atom stereocenters. The summed E-state index contributed by atoms with van der Waals surface area (Å²) in [6, 6.07) is 8.26. The first-order chi connectivity index (χ1) is 14.3. The number of rotatable bonds is 8. The Bertz CT molecular complexity index is 907. The second-order valence-electron chi connectivity index (χ2n) is 7.16. The maximum Gasteiger partial charge on any atom is 0.224 e. The zero-order chi connectivity index (χ0) is 19.9. The van der Waals surface area contributed by atoms with Gasteiger partial charge in [-0.25, -0.2) is 9.97 Å². The number of nitrogens with zero attached hydrogens (tertiary/aromatic N) is 5. The lowest BCUT2D eigenvalue weighted by atomic mass is 10.0. The Morgan fingerprint density at radius 1 is 1.21 bits per heavy atom. The molecule has 0 aliphatic carbocycles. The van der Waals surface area contributed by atoms with Crippen molar-refractivity contribution in [2.45, 2.75) is 13.0 Å². The van der Waals surface area contributed by atoms with Crippen LogP contribution < -0.4 is 11.1 Å². The van der Waals surface area contributed by atoms with Crippen molar-refractivity contribution in [3.8, 4) is 11.1 Å². The number of nitrogens with two attached hydrogens (primary N) is 1. The van der Waals surface area contributed by atoms with Crippen LogP contribution in [0.2, 0.25) is 0 Å². The molecule has 1 aromatic carbocycles. The molecular formula is C21H27N7O. The topological polar surface area (TPSA) is 94.1 Å². The number of anilines is 2. The zero-order valence-corrected chi connectivity index (χ0v) is 16.5. The third-order valence-electron chi connectivity index (χ3n) is 5.02. The van der Waals surface area contributed by atoms with E-state index >= 15 is 0 Å². The summed E-state index contributed by atoms with van der Waals surface area (Å²) in [7, 11) is 0. The number of imidazole rings is 1. The van der Waals surface area contributed by atoms with Gasteiger partial charge < -0.3 is 20.4 Å². The number of hydrogen-bond donors (Lipinski definition) is 2. The van der Waals surface area contributed by atoms with E-state index in [0.29, 0.717) is 11.8 Å². The van der Waals surface area contributed by atoms with Gasteiger partial charge in [-0.15, -0.1) is 0 Å². The Balaban J connectivity index is 1.34. The Morgan fingerprint density at radius 3 is 2.90 bits per heavy atom. The highest BCUT2D eigenvalue weighted by atomic mass is 16.5. The summed E-state index contributed by atoms with van der Waals surface area (Å²) in [6.45, 7) is 6.31. The summed E-state index contributed by atoms with van der Waals surface area (Å²) in [5.74, 6) is 1.05. The molecule has 0 atom stereocenters. The molecule has 8 nitrogen and oxygen atoms in total. The van der Waals surface area contributed by atoms with Crippen molar-refractivity contribution < 1.29 is 4.74 Å². The van der Waals surface area contributed by atoms with Crippen molar-refractivity contribution in [2.24, 2.45) is 0 Å². The van der Waals surface area contributed by atoms with Crippen LogP contribution in [0.5, 0.6) is 0 Å². The van der Waals surface area contributed by atoms with Crippen molar-refractivity contribution in [2.75, 3.05) is 50.4 Å². The molecular weight excluding hydrogens is 366 g/mol. The van der Waals surface area contributed by atoms with Crippen LogP contribution in [0.25, 0.3) is 11.1 Å². The van der Waals surface area contributed by atoms with Crippen LogP contribution in [0.15, 0.2) is 49.2 Å². The molecule has 1 aliphatic heterocycles. The third-order valence-corrected chi connectivity index (χ3v) is 5.02. The fourth-order valence-corrected chi connectivity index (χ4v) is 3.46. The van der Waals surface area contributed by atoms with Gasteiger partial charge in [0.2, 0.25) is 5.95 Å². The van der Waals surface area contributed by atoms with E-state index in [0.717, 1.165) is 63.5 Å². The predicted octanol–water partition coefficient (Wildman–Crippen LogP) is 2.10. The minimum Gasteiger partial charge on any atom is -0.383 e. The van der Waals surface area contributed by atoms with Crippen molar-refractivity contribution >= 4 is 11.8 Å². The lowest BCUT2D eigenvalue weighted by molar-refractivity contribution is 0.0378. The molecule has 0 spiro atoms. The maximum absolute atomic E-state index is 6.23. The highest BCUT2D eigenvalue weighted by Crippen LogP contribution is 2.25. The molecule has 0 saturated carbocycles. The summed E-state index contributed by atoms with van der Waals surface area (Å²) in [6.07, 6.45) is 8.36. The Kier molecular flexibility index (Phi) is 6.33. The first-order valence-corrected chi connectivity index (χ1v) is 9.99. The molecule has 3 heterocycles. The van der Waals surface area contributed by atoms with E-state index in [1.54, 1.807) is 12.4 Å². The van der Waals surface area contributed by atoms with Crippen molar-refractivity contribution in [1.82, 2.24) is 24.4 Å². The average Bonchev–Trinajstić information content (AvgIpc) is 3.25. The van der Waals surface area contributed by atoms with E-state index in [4.69, 9.17) is 10.5 Å². The van der Waals surface area contributed by atoms with Crippen molar-refractivity contribution in [3.05, 3.63) is 54.7 Å². The molecule has 2 aromatic heterocycles. The van der Waals surface area contributed by atoms with Crippen LogP contribution in [-0.2, 0) is 11.3 Å². The van der Waals surface area contributed by atoms with Crippen LogP contribution >= 0.6 is 0 Å². The van der Waals surface area contributed by atoms with Crippen LogP contribution in [0, 0.1) is 0 Å². The summed E-state index contributed by atoms with van der Waals surface area (Å²) >= 11 is 0. The van der Waals surface area contributed by atoms with Crippen LogP contribution in [-0.4, -0.2) is 63.8 Å². The van der Waals surface area contributed by atoms with Gasteiger partial charge in [-0.1, -0.05) is 18.2 Å². The molecule has 29 heavy (non-hydrogen) atoms. The molecule has 0 amide bonds. The van der Waals surface area contributed by atoms with Gasteiger partial charge in [0, 0.05) is 50.3 Å². The second kappa shape index (κ2) is 9.49. The normalized spacial score (nSPS) is 14.8. The van der Waals surface area contributed by atoms with Gasteiger partial charge >= 0.3 is 0 Å². The third kappa shape index (κ3) is 5.30. The Labute approximate surface area is 170 Å².